The number of fused-ring (bicyclic) bond motifs is 1. The van der Waals surface area contributed by atoms with E-state index in [-0.39, 0.29) is 11.3 Å². The average Bonchev–Trinajstić information content (AvgIpc) is 3.54. The van der Waals surface area contributed by atoms with Crippen LogP contribution in [0, 0.1) is 6.92 Å². The molecule has 0 radical (unpaired) electrons. The van der Waals surface area contributed by atoms with Crippen LogP contribution in [0.25, 0.3) is 16.0 Å². The highest BCUT2D eigenvalue weighted by molar-refractivity contribution is 7.22. The Morgan fingerprint density at radius 1 is 1.15 bits per heavy atom. The number of aromatic nitrogens is 1. The first kappa shape index (κ1) is 21.9. The SMILES string of the molecule is CCc1ccc2nc(N3C(=O)C(=O)/C(=C(/O)c4ccc(OC)cc4)[C@@H]3c3ccc(C)o3)sc2c1. The lowest BCUT2D eigenvalue weighted by Gasteiger charge is -2.20. The summed E-state index contributed by atoms with van der Waals surface area (Å²) in [6.07, 6.45) is 0.876. The minimum atomic E-state index is -0.943. The summed E-state index contributed by atoms with van der Waals surface area (Å²) in [4.78, 5) is 32.5. The zero-order valence-corrected chi connectivity index (χ0v) is 19.7. The highest BCUT2D eigenvalue weighted by atomic mass is 32.1. The minimum absolute atomic E-state index is 0.0435. The van der Waals surface area contributed by atoms with Gasteiger partial charge in [0.1, 0.15) is 29.1 Å². The van der Waals surface area contributed by atoms with Crippen LogP contribution in [0.15, 0.2) is 64.6 Å². The molecule has 1 aliphatic rings. The van der Waals surface area contributed by atoms with Crippen molar-refractivity contribution >= 4 is 44.1 Å². The van der Waals surface area contributed by atoms with Crippen molar-refractivity contribution < 1.29 is 23.8 Å². The summed E-state index contributed by atoms with van der Waals surface area (Å²) in [5.74, 6) is -0.222. The molecule has 1 atom stereocenters. The Hall–Kier alpha value is -3.91. The number of ether oxygens (including phenoxy) is 1. The first-order valence-corrected chi connectivity index (χ1v) is 11.6. The number of carbonyl (C=O) groups excluding carboxylic acids is 2. The van der Waals surface area contributed by atoms with Gasteiger partial charge in [-0.25, -0.2) is 4.98 Å². The molecule has 172 valence electrons. The molecular weight excluding hydrogens is 452 g/mol. The van der Waals surface area contributed by atoms with E-state index in [1.54, 1.807) is 50.4 Å². The Kier molecular flexibility index (Phi) is 5.45. The lowest BCUT2D eigenvalue weighted by atomic mass is 9.99. The number of ketones is 1. The Morgan fingerprint density at radius 2 is 1.91 bits per heavy atom. The van der Waals surface area contributed by atoms with Gasteiger partial charge < -0.3 is 14.3 Å². The maximum absolute atomic E-state index is 13.3. The topological polar surface area (TPSA) is 92.9 Å². The first-order valence-electron chi connectivity index (χ1n) is 10.8. The predicted molar refractivity (Wildman–Crippen MR) is 130 cm³/mol. The number of thiazole rings is 1. The van der Waals surface area contributed by atoms with Crippen molar-refractivity contribution in [3.8, 4) is 5.75 Å². The molecule has 1 aliphatic heterocycles. The Balaban J connectivity index is 1.68. The van der Waals surface area contributed by atoms with Crippen molar-refractivity contribution in [2.24, 2.45) is 0 Å². The summed E-state index contributed by atoms with van der Waals surface area (Å²) >= 11 is 1.33. The van der Waals surface area contributed by atoms with Gasteiger partial charge in [0.25, 0.3) is 5.78 Å². The fraction of sp³-hybridized carbons (Fsp3) is 0.192. The number of methoxy groups -OCH3 is 1. The zero-order valence-electron chi connectivity index (χ0n) is 18.9. The number of carbonyl (C=O) groups is 2. The van der Waals surface area contributed by atoms with E-state index in [9.17, 15) is 14.7 Å². The van der Waals surface area contributed by atoms with Gasteiger partial charge in [-0.2, -0.15) is 0 Å². The molecule has 0 unspecified atom stereocenters. The van der Waals surface area contributed by atoms with Gasteiger partial charge in [-0.1, -0.05) is 24.3 Å². The van der Waals surface area contributed by atoms with Crippen molar-refractivity contribution in [1.82, 2.24) is 4.98 Å². The molecule has 34 heavy (non-hydrogen) atoms. The van der Waals surface area contributed by atoms with Gasteiger partial charge in [-0.05, 0) is 67.4 Å². The van der Waals surface area contributed by atoms with Crippen LogP contribution in [0.4, 0.5) is 5.13 Å². The molecule has 1 amide bonds. The maximum atomic E-state index is 13.3. The number of nitrogens with zero attached hydrogens (tertiary/aromatic N) is 2. The van der Waals surface area contributed by atoms with E-state index < -0.39 is 17.7 Å². The van der Waals surface area contributed by atoms with Crippen LogP contribution in [0.3, 0.4) is 0 Å². The lowest BCUT2D eigenvalue weighted by molar-refractivity contribution is -0.132. The van der Waals surface area contributed by atoms with Crippen LogP contribution in [0.5, 0.6) is 5.75 Å². The fourth-order valence-electron chi connectivity index (χ4n) is 4.08. The summed E-state index contributed by atoms with van der Waals surface area (Å²) in [5.41, 5.74) is 2.24. The van der Waals surface area contributed by atoms with E-state index in [0.717, 1.165) is 22.2 Å². The van der Waals surface area contributed by atoms with Crippen molar-refractivity contribution in [3.63, 3.8) is 0 Å². The van der Waals surface area contributed by atoms with Crippen LogP contribution in [-0.2, 0) is 16.0 Å². The second-order valence-electron chi connectivity index (χ2n) is 8.00. The van der Waals surface area contributed by atoms with E-state index in [2.05, 4.69) is 11.9 Å². The molecule has 1 N–H and O–H groups in total. The average molecular weight is 475 g/mol. The zero-order chi connectivity index (χ0) is 24.0. The number of furan rings is 1. The number of aryl methyl sites for hydroxylation is 2. The smallest absolute Gasteiger partial charge is 0.302 e. The van der Waals surface area contributed by atoms with Crippen LogP contribution >= 0.6 is 11.3 Å². The number of anilines is 1. The number of aliphatic hydroxyl groups excluding tert-OH is 1. The molecule has 0 spiro atoms. The number of hydrogen-bond donors (Lipinski definition) is 1. The summed E-state index contributed by atoms with van der Waals surface area (Å²) < 4.78 is 11.9. The van der Waals surface area contributed by atoms with Crippen molar-refractivity contribution in [2.45, 2.75) is 26.3 Å². The van der Waals surface area contributed by atoms with E-state index >= 15 is 0 Å². The lowest BCUT2D eigenvalue weighted by Crippen LogP contribution is -2.29. The second-order valence-corrected chi connectivity index (χ2v) is 9.01. The van der Waals surface area contributed by atoms with Gasteiger partial charge in [-0.3, -0.25) is 14.5 Å². The minimum Gasteiger partial charge on any atom is -0.507 e. The first-order chi connectivity index (χ1) is 16.4. The van der Waals surface area contributed by atoms with Crippen molar-refractivity contribution in [1.29, 1.82) is 0 Å². The predicted octanol–water partition coefficient (Wildman–Crippen LogP) is 5.40. The van der Waals surface area contributed by atoms with Crippen molar-refractivity contribution in [3.05, 3.63) is 82.8 Å². The van der Waals surface area contributed by atoms with Crippen LogP contribution < -0.4 is 9.64 Å². The summed E-state index contributed by atoms with van der Waals surface area (Å²) in [5, 5.41) is 11.5. The van der Waals surface area contributed by atoms with E-state index in [4.69, 9.17) is 9.15 Å². The summed E-state index contributed by atoms with van der Waals surface area (Å²) in [6, 6.07) is 15.1. The standard InChI is InChI=1S/C26H22N2O5S/c1-4-15-6-11-18-20(13-15)34-26(27-18)28-22(19-12-5-14(2)33-19)21(24(30)25(28)31)23(29)16-7-9-17(32-3)10-8-16/h5-13,22,29H,4H2,1-3H3/b23-21+/t22-/m0/s1. The molecular formula is C26H22N2O5S. The van der Waals surface area contributed by atoms with E-state index in [1.165, 1.54) is 16.2 Å². The Bertz CT molecular complexity index is 1450. The number of amides is 1. The number of rotatable bonds is 5. The molecule has 0 saturated carbocycles. The Morgan fingerprint density at radius 3 is 2.56 bits per heavy atom. The summed E-state index contributed by atoms with van der Waals surface area (Å²) in [6.45, 7) is 3.85. The van der Waals surface area contributed by atoms with Crippen LogP contribution in [0.2, 0.25) is 0 Å². The molecule has 0 bridgehead atoms. The number of aliphatic hydroxyl groups is 1. The molecule has 0 aliphatic carbocycles. The number of hydrogen-bond acceptors (Lipinski definition) is 7. The van der Waals surface area contributed by atoms with Gasteiger partial charge >= 0.3 is 5.91 Å². The van der Waals surface area contributed by atoms with Crippen molar-refractivity contribution in [2.75, 3.05) is 12.0 Å². The number of benzene rings is 2. The molecule has 8 heteroatoms. The van der Waals surface area contributed by atoms with Gasteiger partial charge in [0.2, 0.25) is 0 Å². The molecule has 5 rings (SSSR count). The van der Waals surface area contributed by atoms with Gasteiger partial charge in [-0.15, -0.1) is 0 Å². The molecule has 1 saturated heterocycles. The highest BCUT2D eigenvalue weighted by Gasteiger charge is 2.49. The molecule has 2 aromatic heterocycles. The molecule has 4 aromatic rings. The highest BCUT2D eigenvalue weighted by Crippen LogP contribution is 2.44. The largest absolute Gasteiger partial charge is 0.507 e. The Labute approximate surface area is 199 Å². The molecule has 3 heterocycles. The molecule has 1 fully saturated rings. The fourth-order valence-corrected chi connectivity index (χ4v) is 5.14. The number of Topliss-reactive ketones (excluding diaryl/α,β-unsaturated/α-hetero) is 1. The van der Waals surface area contributed by atoms with Crippen LogP contribution in [-0.4, -0.2) is 28.9 Å². The third-order valence-electron chi connectivity index (χ3n) is 5.89. The van der Waals surface area contributed by atoms with E-state index in [1.807, 2.05) is 18.2 Å². The third-order valence-corrected chi connectivity index (χ3v) is 6.91. The van der Waals surface area contributed by atoms with Crippen LogP contribution in [0.1, 0.15) is 35.6 Å². The molecule has 7 nitrogen and oxygen atoms in total. The summed E-state index contributed by atoms with van der Waals surface area (Å²) in [7, 11) is 1.54. The maximum Gasteiger partial charge on any atom is 0.302 e. The molecule has 2 aromatic carbocycles. The van der Waals surface area contributed by atoms with Gasteiger partial charge in [0.15, 0.2) is 5.13 Å². The van der Waals surface area contributed by atoms with E-state index in [0.29, 0.717) is 28.0 Å². The monoisotopic (exact) mass is 474 g/mol. The van der Waals surface area contributed by atoms with Gasteiger partial charge in [0, 0.05) is 5.56 Å². The normalized spacial score (nSPS) is 17.6. The quantitative estimate of drug-likeness (QED) is 0.237. The van der Waals surface area contributed by atoms with Gasteiger partial charge in [0.05, 0.1) is 22.9 Å². The third kappa shape index (κ3) is 3.56. The second kappa shape index (κ2) is 8.46.